The molecule has 0 aliphatic carbocycles. The van der Waals surface area contributed by atoms with E-state index < -0.39 is 12.3 Å². The van der Waals surface area contributed by atoms with E-state index in [1.807, 2.05) is 0 Å². The molecule has 5 heteroatoms. The molecule has 2 rings (SSSR count). The molecular formula is C10H10BrNO3. The monoisotopic (exact) mass is 271 g/mol. The molecule has 80 valence electrons. The number of benzene rings is 1. The van der Waals surface area contributed by atoms with Gasteiger partial charge in [-0.1, -0.05) is 15.9 Å². The Morgan fingerprint density at radius 1 is 1.60 bits per heavy atom. The molecule has 1 aromatic carbocycles. The van der Waals surface area contributed by atoms with Gasteiger partial charge in [0.1, 0.15) is 0 Å². The molecule has 0 saturated carbocycles. The fraction of sp³-hybridized carbons (Fsp3) is 0.300. The molecule has 0 fully saturated rings. The number of aliphatic hydroxyl groups excluding tert-OH is 1. The van der Waals surface area contributed by atoms with Crippen molar-refractivity contribution in [1.82, 2.24) is 0 Å². The van der Waals surface area contributed by atoms with Crippen molar-refractivity contribution >= 4 is 27.4 Å². The van der Waals surface area contributed by atoms with Crippen molar-refractivity contribution in [2.75, 3.05) is 19.0 Å². The Kier molecular flexibility index (Phi) is 2.54. The molecule has 0 spiro atoms. The molecule has 1 aliphatic rings. The predicted molar refractivity (Wildman–Crippen MR) is 58.9 cm³/mol. The van der Waals surface area contributed by atoms with E-state index in [0.29, 0.717) is 11.3 Å². The zero-order valence-corrected chi connectivity index (χ0v) is 9.67. The van der Waals surface area contributed by atoms with Crippen LogP contribution in [0.4, 0.5) is 5.69 Å². The topological polar surface area (TPSA) is 58.6 Å². The molecule has 0 unspecified atom stereocenters. The van der Waals surface area contributed by atoms with Crippen molar-refractivity contribution in [1.29, 1.82) is 0 Å². The Labute approximate surface area is 95.4 Å². The molecule has 1 heterocycles. The SMILES string of the molecule is CO[C@@]1(CO)Nc2cc(Br)ccc2C1=O. The normalized spacial score (nSPS) is 23.8. The van der Waals surface area contributed by atoms with Gasteiger partial charge in [-0.25, -0.2) is 0 Å². The number of carbonyl (C=O) groups is 1. The number of ketones is 1. The maximum Gasteiger partial charge on any atom is 0.226 e. The second-order valence-corrected chi connectivity index (χ2v) is 4.25. The summed E-state index contributed by atoms with van der Waals surface area (Å²) in [4.78, 5) is 11.9. The average molecular weight is 272 g/mol. The highest BCUT2D eigenvalue weighted by Gasteiger charge is 2.45. The summed E-state index contributed by atoms with van der Waals surface area (Å²) < 4.78 is 5.92. The number of Topliss-reactive ketones (excluding diaryl/α,β-unsaturated/α-hetero) is 1. The number of halogens is 1. The number of rotatable bonds is 2. The Morgan fingerprint density at radius 2 is 2.33 bits per heavy atom. The summed E-state index contributed by atoms with van der Waals surface area (Å²) >= 11 is 3.31. The third kappa shape index (κ3) is 1.47. The van der Waals surface area contributed by atoms with Crippen LogP contribution >= 0.6 is 15.9 Å². The zero-order valence-electron chi connectivity index (χ0n) is 8.08. The molecule has 1 aliphatic heterocycles. The molecule has 4 nitrogen and oxygen atoms in total. The van der Waals surface area contributed by atoms with Gasteiger partial charge in [-0.3, -0.25) is 4.79 Å². The van der Waals surface area contributed by atoms with Crippen LogP contribution in [0.3, 0.4) is 0 Å². The van der Waals surface area contributed by atoms with Gasteiger partial charge in [-0.2, -0.15) is 0 Å². The van der Waals surface area contributed by atoms with E-state index in [-0.39, 0.29) is 5.78 Å². The van der Waals surface area contributed by atoms with E-state index >= 15 is 0 Å². The minimum atomic E-state index is -1.32. The highest BCUT2D eigenvalue weighted by atomic mass is 79.9. The fourth-order valence-electron chi connectivity index (χ4n) is 1.63. The quantitative estimate of drug-likeness (QED) is 0.854. The lowest BCUT2D eigenvalue weighted by Gasteiger charge is -2.23. The molecule has 0 saturated heterocycles. The number of hydrogen-bond acceptors (Lipinski definition) is 4. The molecule has 1 atom stereocenters. The first-order valence-electron chi connectivity index (χ1n) is 4.41. The van der Waals surface area contributed by atoms with Gasteiger partial charge < -0.3 is 15.2 Å². The highest BCUT2D eigenvalue weighted by Crippen LogP contribution is 2.34. The Bertz CT molecular complexity index is 415. The maximum atomic E-state index is 11.9. The highest BCUT2D eigenvalue weighted by molar-refractivity contribution is 9.10. The smallest absolute Gasteiger partial charge is 0.226 e. The van der Waals surface area contributed by atoms with Gasteiger partial charge in [0.05, 0.1) is 6.61 Å². The number of hydrogen-bond donors (Lipinski definition) is 2. The van der Waals surface area contributed by atoms with Crippen LogP contribution in [0, 0.1) is 0 Å². The summed E-state index contributed by atoms with van der Waals surface area (Å²) in [6.45, 7) is -0.394. The van der Waals surface area contributed by atoms with Gasteiger partial charge in [-0.05, 0) is 18.2 Å². The molecule has 0 amide bonds. The second-order valence-electron chi connectivity index (χ2n) is 3.33. The minimum Gasteiger partial charge on any atom is -0.391 e. The molecule has 15 heavy (non-hydrogen) atoms. The fourth-order valence-corrected chi connectivity index (χ4v) is 1.99. The first kappa shape index (κ1) is 10.6. The van der Waals surface area contributed by atoms with E-state index in [1.54, 1.807) is 18.2 Å². The van der Waals surface area contributed by atoms with Crippen LogP contribution in [0.5, 0.6) is 0 Å². The van der Waals surface area contributed by atoms with Gasteiger partial charge in [-0.15, -0.1) is 0 Å². The summed E-state index contributed by atoms with van der Waals surface area (Å²) in [6, 6.07) is 5.26. The van der Waals surface area contributed by atoms with Gasteiger partial charge in [0, 0.05) is 22.8 Å². The van der Waals surface area contributed by atoms with Crippen LogP contribution in [-0.2, 0) is 4.74 Å². The first-order valence-corrected chi connectivity index (χ1v) is 5.21. The van der Waals surface area contributed by atoms with Crippen LogP contribution in [-0.4, -0.2) is 30.3 Å². The number of ether oxygens (including phenoxy) is 1. The summed E-state index contributed by atoms with van der Waals surface area (Å²) in [5.74, 6) is -0.241. The van der Waals surface area contributed by atoms with Crippen molar-refractivity contribution in [3.8, 4) is 0 Å². The summed E-state index contributed by atoms with van der Waals surface area (Å²) in [5.41, 5.74) is -0.109. The van der Waals surface area contributed by atoms with Crippen molar-refractivity contribution in [2.24, 2.45) is 0 Å². The van der Waals surface area contributed by atoms with Crippen molar-refractivity contribution in [3.63, 3.8) is 0 Å². The van der Waals surface area contributed by atoms with Gasteiger partial charge in [0.25, 0.3) is 0 Å². The number of methoxy groups -OCH3 is 1. The second kappa shape index (κ2) is 3.59. The summed E-state index contributed by atoms with van der Waals surface area (Å²) in [7, 11) is 1.39. The number of nitrogens with one attached hydrogen (secondary N) is 1. The minimum absolute atomic E-state index is 0.241. The van der Waals surface area contributed by atoms with E-state index in [2.05, 4.69) is 21.2 Å². The maximum absolute atomic E-state index is 11.9. The third-order valence-corrected chi connectivity index (χ3v) is 2.99. The van der Waals surface area contributed by atoms with Crippen molar-refractivity contribution in [3.05, 3.63) is 28.2 Å². The Hall–Kier alpha value is -0.910. The van der Waals surface area contributed by atoms with Crippen LogP contribution in [0.15, 0.2) is 22.7 Å². The molecule has 1 aromatic rings. The van der Waals surface area contributed by atoms with Gasteiger partial charge in [0.2, 0.25) is 11.5 Å². The number of carbonyl (C=O) groups excluding carboxylic acids is 1. The lowest BCUT2D eigenvalue weighted by atomic mass is 10.1. The number of fused-ring (bicyclic) bond motifs is 1. The number of anilines is 1. The molecular weight excluding hydrogens is 262 g/mol. The molecule has 0 radical (unpaired) electrons. The number of aliphatic hydroxyl groups is 1. The largest absolute Gasteiger partial charge is 0.391 e. The van der Waals surface area contributed by atoms with E-state index in [9.17, 15) is 9.90 Å². The average Bonchev–Trinajstić information content (AvgIpc) is 2.52. The Morgan fingerprint density at radius 3 is 2.93 bits per heavy atom. The predicted octanol–water partition coefficient (Wildman–Crippen LogP) is 1.39. The standard InChI is InChI=1S/C10H10BrNO3/c1-15-10(5-13)9(14)7-3-2-6(11)4-8(7)12-10/h2-4,12-13H,5H2,1H3/t10-/m1/s1. The van der Waals surface area contributed by atoms with E-state index in [4.69, 9.17) is 4.74 Å². The van der Waals surface area contributed by atoms with Gasteiger partial charge in [0.15, 0.2) is 0 Å². The molecule has 0 bridgehead atoms. The zero-order chi connectivity index (χ0) is 11.1. The Balaban J connectivity index is 2.49. The lowest BCUT2D eigenvalue weighted by molar-refractivity contribution is -0.00987. The van der Waals surface area contributed by atoms with Crippen LogP contribution in [0.1, 0.15) is 10.4 Å². The van der Waals surface area contributed by atoms with Crippen LogP contribution in [0.25, 0.3) is 0 Å². The van der Waals surface area contributed by atoms with Crippen molar-refractivity contribution in [2.45, 2.75) is 5.72 Å². The third-order valence-electron chi connectivity index (χ3n) is 2.50. The molecule has 2 N–H and O–H groups in total. The van der Waals surface area contributed by atoms with E-state index in [0.717, 1.165) is 4.47 Å². The lowest BCUT2D eigenvalue weighted by Crippen LogP contribution is -2.47. The molecule has 0 aromatic heterocycles. The summed E-state index contributed by atoms with van der Waals surface area (Å²) in [5, 5.41) is 12.1. The van der Waals surface area contributed by atoms with Crippen LogP contribution in [0.2, 0.25) is 0 Å². The first-order chi connectivity index (χ1) is 7.13. The van der Waals surface area contributed by atoms with E-state index in [1.165, 1.54) is 7.11 Å². The van der Waals surface area contributed by atoms with Crippen LogP contribution < -0.4 is 5.32 Å². The summed E-state index contributed by atoms with van der Waals surface area (Å²) in [6.07, 6.45) is 0. The van der Waals surface area contributed by atoms with Crippen molar-refractivity contribution < 1.29 is 14.6 Å². The van der Waals surface area contributed by atoms with Gasteiger partial charge >= 0.3 is 0 Å².